The molecule has 3 nitrogen and oxygen atoms in total. The van der Waals surface area contributed by atoms with E-state index < -0.39 is 5.97 Å². The average molecular weight is 304 g/mol. The van der Waals surface area contributed by atoms with Crippen LogP contribution in [0, 0.1) is 0 Å². The normalized spacial score (nSPS) is 12.0. The van der Waals surface area contributed by atoms with E-state index in [0.29, 0.717) is 18.0 Å². The van der Waals surface area contributed by atoms with Crippen LogP contribution in [0.15, 0.2) is 54.6 Å². The summed E-state index contributed by atoms with van der Waals surface area (Å²) < 4.78 is 0. The van der Waals surface area contributed by atoms with Gasteiger partial charge >= 0.3 is 5.97 Å². The highest BCUT2D eigenvalue weighted by atomic mass is 35.5. The summed E-state index contributed by atoms with van der Waals surface area (Å²) in [5, 5.41) is 13.0. The van der Waals surface area contributed by atoms with Gasteiger partial charge < -0.3 is 10.4 Å². The first kappa shape index (κ1) is 15.5. The summed E-state index contributed by atoms with van der Waals surface area (Å²) in [6, 6.07) is 17.4. The Hall–Kier alpha value is -1.84. The molecule has 110 valence electrons. The van der Waals surface area contributed by atoms with Gasteiger partial charge in [0, 0.05) is 17.6 Å². The van der Waals surface area contributed by atoms with Crippen molar-refractivity contribution in [1.82, 2.24) is 5.32 Å². The largest absolute Gasteiger partial charge is 0.481 e. The van der Waals surface area contributed by atoms with Crippen molar-refractivity contribution in [2.75, 3.05) is 0 Å². The number of carboxylic acid groups (broad SMARTS) is 1. The molecule has 0 spiro atoms. The zero-order valence-corrected chi connectivity index (χ0v) is 12.4. The summed E-state index contributed by atoms with van der Waals surface area (Å²) in [4.78, 5) is 11.0. The lowest BCUT2D eigenvalue weighted by Gasteiger charge is -2.17. The second kappa shape index (κ2) is 7.81. The lowest BCUT2D eigenvalue weighted by Crippen LogP contribution is -2.33. The highest BCUT2D eigenvalue weighted by Gasteiger charge is 2.13. The molecular weight excluding hydrogens is 286 g/mol. The molecule has 4 heteroatoms. The van der Waals surface area contributed by atoms with E-state index in [9.17, 15) is 4.79 Å². The summed E-state index contributed by atoms with van der Waals surface area (Å²) in [5.41, 5.74) is 2.22. The van der Waals surface area contributed by atoms with Crippen molar-refractivity contribution < 1.29 is 9.90 Å². The fourth-order valence-electron chi connectivity index (χ4n) is 2.19. The van der Waals surface area contributed by atoms with Crippen molar-refractivity contribution in [3.05, 3.63) is 70.7 Å². The van der Waals surface area contributed by atoms with Crippen LogP contribution in [-0.2, 0) is 17.8 Å². The molecule has 0 unspecified atom stereocenters. The summed E-state index contributed by atoms with van der Waals surface area (Å²) in [5.74, 6) is -0.797. The second-order valence-electron chi connectivity index (χ2n) is 4.99. The fourth-order valence-corrected chi connectivity index (χ4v) is 2.32. The van der Waals surface area contributed by atoms with Crippen LogP contribution in [0.3, 0.4) is 0 Å². The van der Waals surface area contributed by atoms with Crippen molar-refractivity contribution in [2.24, 2.45) is 0 Å². The van der Waals surface area contributed by atoms with E-state index in [4.69, 9.17) is 16.7 Å². The summed E-state index contributed by atoms with van der Waals surface area (Å²) >= 11 is 5.86. The molecule has 0 aromatic heterocycles. The maximum atomic E-state index is 11.0. The second-order valence-corrected chi connectivity index (χ2v) is 5.43. The Balaban J connectivity index is 1.97. The smallest absolute Gasteiger partial charge is 0.304 e. The Morgan fingerprint density at radius 1 is 1.05 bits per heavy atom. The number of hydrogen-bond donors (Lipinski definition) is 2. The van der Waals surface area contributed by atoms with Gasteiger partial charge in [-0.3, -0.25) is 4.79 Å². The van der Waals surface area contributed by atoms with Gasteiger partial charge in [0.2, 0.25) is 0 Å². The van der Waals surface area contributed by atoms with Gasteiger partial charge in [-0.25, -0.2) is 0 Å². The molecule has 0 amide bonds. The number of halogens is 1. The van der Waals surface area contributed by atoms with Crippen molar-refractivity contribution >= 4 is 17.6 Å². The standard InChI is InChI=1S/C17H18ClNO2/c18-15-8-6-13(7-9-15)10-16(11-17(20)21)19-12-14-4-2-1-3-5-14/h1-9,16,19H,10-12H2,(H,20,21)/t16-/m0/s1. The predicted molar refractivity (Wildman–Crippen MR) is 84.5 cm³/mol. The Bertz CT molecular complexity index is 569. The summed E-state index contributed by atoms with van der Waals surface area (Å²) in [6.45, 7) is 0.659. The number of rotatable bonds is 7. The third kappa shape index (κ3) is 5.58. The van der Waals surface area contributed by atoms with Crippen LogP contribution < -0.4 is 5.32 Å². The molecule has 0 heterocycles. The topological polar surface area (TPSA) is 49.3 Å². The first-order chi connectivity index (χ1) is 10.1. The van der Waals surface area contributed by atoms with Crippen LogP contribution in [-0.4, -0.2) is 17.1 Å². The number of nitrogens with one attached hydrogen (secondary N) is 1. The molecule has 2 N–H and O–H groups in total. The van der Waals surface area contributed by atoms with Gasteiger partial charge in [0.25, 0.3) is 0 Å². The number of aliphatic carboxylic acids is 1. The maximum absolute atomic E-state index is 11.0. The van der Waals surface area contributed by atoms with Gasteiger partial charge in [-0.05, 0) is 29.7 Å². The summed E-state index contributed by atoms with van der Waals surface area (Å²) in [6.07, 6.45) is 0.756. The van der Waals surface area contributed by atoms with Crippen molar-refractivity contribution in [3.8, 4) is 0 Å². The average Bonchev–Trinajstić information content (AvgIpc) is 2.48. The Kier molecular flexibility index (Phi) is 5.78. The fraction of sp³-hybridized carbons (Fsp3) is 0.235. The molecule has 2 aromatic rings. The first-order valence-corrected chi connectivity index (χ1v) is 7.25. The van der Waals surface area contributed by atoms with E-state index >= 15 is 0 Å². The van der Waals surface area contributed by atoms with Crippen LogP contribution >= 0.6 is 11.6 Å². The Labute approximate surface area is 129 Å². The van der Waals surface area contributed by atoms with Crippen LogP contribution in [0.1, 0.15) is 17.5 Å². The minimum absolute atomic E-state index is 0.0927. The SMILES string of the molecule is O=C(O)C[C@H](Cc1ccc(Cl)cc1)NCc1ccccc1. The molecule has 0 aliphatic rings. The van der Waals surface area contributed by atoms with Crippen LogP contribution in [0.2, 0.25) is 5.02 Å². The van der Waals surface area contributed by atoms with Crippen molar-refractivity contribution in [1.29, 1.82) is 0 Å². The summed E-state index contributed by atoms with van der Waals surface area (Å²) in [7, 11) is 0. The molecule has 0 radical (unpaired) electrons. The zero-order valence-electron chi connectivity index (χ0n) is 11.6. The molecule has 0 saturated carbocycles. The highest BCUT2D eigenvalue weighted by molar-refractivity contribution is 6.30. The van der Waals surface area contributed by atoms with Crippen LogP contribution in [0.25, 0.3) is 0 Å². The van der Waals surface area contributed by atoms with Gasteiger partial charge in [-0.1, -0.05) is 54.1 Å². The third-order valence-corrected chi connectivity index (χ3v) is 3.51. The Morgan fingerprint density at radius 2 is 1.71 bits per heavy atom. The molecular formula is C17H18ClNO2. The van der Waals surface area contributed by atoms with Gasteiger partial charge in [-0.2, -0.15) is 0 Å². The van der Waals surface area contributed by atoms with Crippen molar-refractivity contribution in [3.63, 3.8) is 0 Å². The van der Waals surface area contributed by atoms with Crippen molar-refractivity contribution in [2.45, 2.75) is 25.4 Å². The van der Waals surface area contributed by atoms with E-state index in [1.165, 1.54) is 0 Å². The molecule has 0 fully saturated rings. The molecule has 21 heavy (non-hydrogen) atoms. The van der Waals surface area contributed by atoms with E-state index in [1.54, 1.807) is 0 Å². The lowest BCUT2D eigenvalue weighted by atomic mass is 10.0. The molecule has 2 aromatic carbocycles. The van der Waals surface area contributed by atoms with E-state index in [-0.39, 0.29) is 12.5 Å². The number of benzene rings is 2. The van der Waals surface area contributed by atoms with Gasteiger partial charge in [0.1, 0.15) is 0 Å². The lowest BCUT2D eigenvalue weighted by molar-refractivity contribution is -0.137. The first-order valence-electron chi connectivity index (χ1n) is 6.87. The van der Waals surface area contributed by atoms with E-state index in [0.717, 1.165) is 11.1 Å². The van der Waals surface area contributed by atoms with Gasteiger partial charge in [0.05, 0.1) is 6.42 Å². The van der Waals surface area contributed by atoms with E-state index in [2.05, 4.69) is 5.32 Å². The number of hydrogen-bond acceptors (Lipinski definition) is 2. The quantitative estimate of drug-likeness (QED) is 0.823. The maximum Gasteiger partial charge on any atom is 0.304 e. The monoisotopic (exact) mass is 303 g/mol. The van der Waals surface area contributed by atoms with Crippen LogP contribution in [0.4, 0.5) is 0 Å². The molecule has 1 atom stereocenters. The van der Waals surface area contributed by atoms with E-state index in [1.807, 2.05) is 54.6 Å². The minimum Gasteiger partial charge on any atom is -0.481 e. The number of carboxylic acids is 1. The highest BCUT2D eigenvalue weighted by Crippen LogP contribution is 2.12. The minimum atomic E-state index is -0.797. The third-order valence-electron chi connectivity index (χ3n) is 3.25. The number of carbonyl (C=O) groups is 1. The predicted octanol–water partition coefficient (Wildman–Crippen LogP) is 3.52. The Morgan fingerprint density at radius 3 is 2.33 bits per heavy atom. The molecule has 0 aliphatic carbocycles. The molecule has 0 saturated heterocycles. The van der Waals surface area contributed by atoms with Gasteiger partial charge in [-0.15, -0.1) is 0 Å². The zero-order chi connectivity index (χ0) is 15.1. The molecule has 0 aliphatic heterocycles. The molecule has 0 bridgehead atoms. The van der Waals surface area contributed by atoms with Gasteiger partial charge in [0.15, 0.2) is 0 Å². The molecule has 2 rings (SSSR count). The van der Waals surface area contributed by atoms with Crippen LogP contribution in [0.5, 0.6) is 0 Å².